The lowest BCUT2D eigenvalue weighted by molar-refractivity contribution is 0.0742. The van der Waals surface area contributed by atoms with Gasteiger partial charge < -0.3 is 9.30 Å². The first-order valence-corrected chi connectivity index (χ1v) is 7.66. The van der Waals surface area contributed by atoms with Gasteiger partial charge in [-0.15, -0.1) is 0 Å². The van der Waals surface area contributed by atoms with E-state index in [0.29, 0.717) is 5.56 Å². The van der Waals surface area contributed by atoms with Gasteiger partial charge in [-0.3, -0.25) is 9.78 Å². The topological polar surface area (TPSA) is 50.5 Å². The summed E-state index contributed by atoms with van der Waals surface area (Å²) in [5, 5.41) is 0. The molecule has 0 saturated heterocycles. The van der Waals surface area contributed by atoms with E-state index in [4.69, 9.17) is 0 Å². The highest BCUT2D eigenvalue weighted by molar-refractivity contribution is 5.94. The SMILES string of the molecule is Cc1ccnc(C[C@H](C)N(C)C(=O)c2ccc3nccn3c2)c1. The van der Waals surface area contributed by atoms with Gasteiger partial charge in [0.1, 0.15) is 5.65 Å². The molecule has 1 amide bonds. The average Bonchev–Trinajstić information content (AvgIpc) is 3.01. The van der Waals surface area contributed by atoms with Crippen molar-refractivity contribution < 1.29 is 4.79 Å². The number of rotatable bonds is 4. The van der Waals surface area contributed by atoms with Gasteiger partial charge in [-0.05, 0) is 43.7 Å². The lowest BCUT2D eigenvalue weighted by atomic mass is 10.1. The highest BCUT2D eigenvalue weighted by atomic mass is 16.2. The molecule has 1 atom stereocenters. The number of amides is 1. The molecule has 0 aliphatic rings. The lowest BCUT2D eigenvalue weighted by Crippen LogP contribution is -2.36. The smallest absolute Gasteiger partial charge is 0.255 e. The van der Waals surface area contributed by atoms with E-state index in [1.54, 1.807) is 11.1 Å². The van der Waals surface area contributed by atoms with Gasteiger partial charge in [0.25, 0.3) is 5.91 Å². The minimum atomic E-state index is 0.000697. The molecule has 0 unspecified atom stereocenters. The number of carbonyl (C=O) groups excluding carboxylic acids is 1. The maximum absolute atomic E-state index is 12.7. The van der Waals surface area contributed by atoms with Crippen LogP contribution in [0.15, 0.2) is 49.1 Å². The summed E-state index contributed by atoms with van der Waals surface area (Å²) in [6, 6.07) is 7.78. The van der Waals surface area contributed by atoms with Gasteiger partial charge in [-0.2, -0.15) is 0 Å². The van der Waals surface area contributed by atoms with Crippen molar-refractivity contribution in [3.8, 4) is 0 Å². The summed E-state index contributed by atoms with van der Waals surface area (Å²) in [4.78, 5) is 23.0. The van der Waals surface area contributed by atoms with Crippen LogP contribution in [0.4, 0.5) is 0 Å². The van der Waals surface area contributed by atoms with Crippen molar-refractivity contribution in [2.75, 3.05) is 7.05 Å². The van der Waals surface area contributed by atoms with E-state index >= 15 is 0 Å². The van der Waals surface area contributed by atoms with Crippen molar-refractivity contribution in [2.45, 2.75) is 26.3 Å². The number of nitrogens with zero attached hydrogens (tertiary/aromatic N) is 4. The third-order valence-electron chi connectivity index (χ3n) is 4.09. The fraction of sp³-hybridized carbons (Fsp3) is 0.278. The maximum Gasteiger partial charge on any atom is 0.255 e. The highest BCUT2D eigenvalue weighted by Crippen LogP contribution is 2.12. The van der Waals surface area contributed by atoms with Crippen LogP contribution in [0.2, 0.25) is 0 Å². The Kier molecular flexibility index (Phi) is 4.10. The number of fused-ring (bicyclic) bond motifs is 1. The Morgan fingerprint density at radius 2 is 2.09 bits per heavy atom. The monoisotopic (exact) mass is 308 g/mol. The number of likely N-dealkylation sites (N-methyl/N-ethyl adjacent to an activating group) is 1. The number of hydrogen-bond acceptors (Lipinski definition) is 3. The summed E-state index contributed by atoms with van der Waals surface area (Å²) < 4.78 is 1.86. The van der Waals surface area contributed by atoms with Crippen LogP contribution >= 0.6 is 0 Å². The summed E-state index contributed by atoms with van der Waals surface area (Å²) in [6.07, 6.45) is 7.92. The zero-order valence-electron chi connectivity index (χ0n) is 13.6. The minimum absolute atomic E-state index is 0.000697. The summed E-state index contributed by atoms with van der Waals surface area (Å²) in [7, 11) is 1.83. The Labute approximate surface area is 135 Å². The molecule has 0 aromatic carbocycles. The number of carbonyl (C=O) groups is 1. The van der Waals surface area contributed by atoms with E-state index in [-0.39, 0.29) is 11.9 Å². The normalized spacial score (nSPS) is 12.3. The van der Waals surface area contributed by atoms with Crippen LogP contribution in [-0.2, 0) is 6.42 Å². The highest BCUT2D eigenvalue weighted by Gasteiger charge is 2.18. The summed E-state index contributed by atoms with van der Waals surface area (Å²) in [5.41, 5.74) is 3.67. The third kappa shape index (κ3) is 3.23. The Morgan fingerprint density at radius 1 is 1.26 bits per heavy atom. The van der Waals surface area contributed by atoms with E-state index in [1.165, 1.54) is 5.56 Å². The second-order valence-electron chi connectivity index (χ2n) is 5.90. The fourth-order valence-electron chi connectivity index (χ4n) is 2.60. The van der Waals surface area contributed by atoms with E-state index in [2.05, 4.69) is 16.0 Å². The van der Waals surface area contributed by atoms with Gasteiger partial charge in [-0.25, -0.2) is 4.98 Å². The molecule has 0 fully saturated rings. The molecule has 3 aromatic heterocycles. The molecule has 3 aromatic rings. The van der Waals surface area contributed by atoms with Crippen LogP contribution in [0.25, 0.3) is 5.65 Å². The second-order valence-corrected chi connectivity index (χ2v) is 5.90. The molecule has 0 N–H and O–H groups in total. The van der Waals surface area contributed by atoms with Crippen molar-refractivity contribution in [1.82, 2.24) is 19.3 Å². The molecule has 3 heterocycles. The standard InChI is InChI=1S/C18H20N4O/c1-13-6-7-19-16(10-13)11-14(2)21(3)18(23)15-4-5-17-20-8-9-22(17)12-15/h4-10,12,14H,11H2,1-3H3/t14-/m0/s1. The molecule has 0 bridgehead atoms. The molecule has 23 heavy (non-hydrogen) atoms. The molecule has 0 aliphatic heterocycles. The maximum atomic E-state index is 12.7. The van der Waals surface area contributed by atoms with Gasteiger partial charge in [0.2, 0.25) is 0 Å². The molecule has 0 radical (unpaired) electrons. The predicted octanol–water partition coefficient (Wildman–Crippen LogP) is 2.74. The number of pyridine rings is 2. The number of hydrogen-bond donors (Lipinski definition) is 0. The molecule has 3 rings (SSSR count). The lowest BCUT2D eigenvalue weighted by Gasteiger charge is -2.25. The van der Waals surface area contributed by atoms with Gasteiger partial charge in [0, 0.05) is 50.0 Å². The summed E-state index contributed by atoms with van der Waals surface area (Å²) >= 11 is 0. The Morgan fingerprint density at radius 3 is 2.87 bits per heavy atom. The third-order valence-corrected chi connectivity index (χ3v) is 4.09. The Hall–Kier alpha value is -2.69. The zero-order valence-corrected chi connectivity index (χ0v) is 13.6. The van der Waals surface area contributed by atoms with Crippen LogP contribution in [0, 0.1) is 6.92 Å². The molecular weight excluding hydrogens is 288 g/mol. The van der Waals surface area contributed by atoms with Crippen molar-refractivity contribution in [3.63, 3.8) is 0 Å². The van der Waals surface area contributed by atoms with Crippen molar-refractivity contribution >= 4 is 11.6 Å². The average molecular weight is 308 g/mol. The quantitative estimate of drug-likeness (QED) is 0.744. The van der Waals surface area contributed by atoms with Gasteiger partial charge in [-0.1, -0.05) is 0 Å². The molecular formula is C18H20N4O. The number of aromatic nitrogens is 3. The van der Waals surface area contributed by atoms with E-state index < -0.39 is 0 Å². The molecule has 0 saturated carbocycles. The van der Waals surface area contributed by atoms with Gasteiger partial charge in [0.15, 0.2) is 0 Å². The molecule has 0 aliphatic carbocycles. The van der Waals surface area contributed by atoms with Crippen LogP contribution in [0.1, 0.15) is 28.5 Å². The van der Waals surface area contributed by atoms with Crippen molar-refractivity contribution in [1.29, 1.82) is 0 Å². The van der Waals surface area contributed by atoms with Crippen LogP contribution in [0.3, 0.4) is 0 Å². The first-order valence-electron chi connectivity index (χ1n) is 7.66. The number of imidazole rings is 1. The summed E-state index contributed by atoms with van der Waals surface area (Å²) in [6.45, 7) is 4.09. The molecule has 0 spiro atoms. The first-order chi connectivity index (χ1) is 11.0. The Balaban J connectivity index is 1.75. The van der Waals surface area contributed by atoms with Gasteiger partial charge >= 0.3 is 0 Å². The second kappa shape index (κ2) is 6.20. The first kappa shape index (κ1) is 15.2. The minimum Gasteiger partial charge on any atom is -0.339 e. The summed E-state index contributed by atoms with van der Waals surface area (Å²) in [5.74, 6) is 0.000697. The Bertz CT molecular complexity index is 840. The zero-order chi connectivity index (χ0) is 16.4. The van der Waals surface area contributed by atoms with Crippen LogP contribution in [0.5, 0.6) is 0 Å². The van der Waals surface area contributed by atoms with Crippen molar-refractivity contribution in [3.05, 3.63) is 65.9 Å². The van der Waals surface area contributed by atoms with E-state index in [1.807, 2.05) is 62.1 Å². The predicted molar refractivity (Wildman–Crippen MR) is 89.4 cm³/mol. The largest absolute Gasteiger partial charge is 0.339 e. The molecule has 5 nitrogen and oxygen atoms in total. The van der Waals surface area contributed by atoms with Crippen molar-refractivity contribution in [2.24, 2.45) is 0 Å². The molecule has 118 valence electrons. The van der Waals surface area contributed by atoms with E-state index in [0.717, 1.165) is 17.8 Å². The molecule has 5 heteroatoms. The van der Waals surface area contributed by atoms with Crippen LogP contribution in [-0.4, -0.2) is 38.3 Å². The van der Waals surface area contributed by atoms with Gasteiger partial charge in [0.05, 0.1) is 5.56 Å². The number of aryl methyl sites for hydroxylation is 1. The van der Waals surface area contributed by atoms with E-state index in [9.17, 15) is 4.79 Å². The van der Waals surface area contributed by atoms with Crippen LogP contribution < -0.4 is 0 Å². The fourth-order valence-corrected chi connectivity index (χ4v) is 2.60.